The molecule has 220 valence electrons. The zero-order chi connectivity index (χ0) is 31.0. The Labute approximate surface area is 263 Å². The molecule has 0 saturated heterocycles. The zero-order valence-corrected chi connectivity index (χ0v) is 26.4. The highest BCUT2D eigenvalue weighted by molar-refractivity contribution is 7.98. The highest BCUT2D eigenvalue weighted by Crippen LogP contribution is 2.32. The monoisotopic (exact) mass is 618 g/mol. The number of ether oxygens (including phenoxy) is 1. The van der Waals surface area contributed by atoms with E-state index in [0.717, 1.165) is 32.5 Å². The second-order valence-corrected chi connectivity index (χ2v) is 12.7. The molecule has 0 saturated carbocycles. The number of hydrogen-bond donors (Lipinski definition) is 0. The molecule has 3 aromatic carbocycles. The maximum absolute atomic E-state index is 14.2. The van der Waals surface area contributed by atoms with Gasteiger partial charge in [-0.3, -0.25) is 9.36 Å². The van der Waals surface area contributed by atoms with Crippen LogP contribution in [0.5, 0.6) is 0 Å². The van der Waals surface area contributed by atoms with E-state index >= 15 is 0 Å². The van der Waals surface area contributed by atoms with Crippen molar-refractivity contribution in [2.75, 3.05) is 6.26 Å². The first-order valence-corrected chi connectivity index (χ1v) is 16.3. The van der Waals surface area contributed by atoms with Gasteiger partial charge in [-0.1, -0.05) is 59.9 Å². The molecule has 0 unspecified atom stereocenters. The van der Waals surface area contributed by atoms with Crippen molar-refractivity contribution in [2.45, 2.75) is 44.4 Å². The van der Waals surface area contributed by atoms with Crippen molar-refractivity contribution in [2.24, 2.45) is 4.99 Å². The van der Waals surface area contributed by atoms with Gasteiger partial charge in [0.05, 0.1) is 39.6 Å². The van der Waals surface area contributed by atoms with E-state index < -0.39 is 12.0 Å². The average molecular weight is 619 g/mol. The molecular formula is C35H30N4O3S2. The lowest BCUT2D eigenvalue weighted by atomic mass is 9.96. The fourth-order valence-corrected chi connectivity index (χ4v) is 7.02. The Bertz CT molecular complexity index is 2160. The Morgan fingerprint density at radius 2 is 1.84 bits per heavy atom. The van der Waals surface area contributed by atoms with E-state index in [4.69, 9.17) is 9.73 Å². The zero-order valence-electron chi connectivity index (χ0n) is 24.8. The highest BCUT2D eigenvalue weighted by Gasteiger charge is 2.33. The van der Waals surface area contributed by atoms with Crippen molar-refractivity contribution in [1.82, 2.24) is 9.13 Å². The topological polar surface area (TPSA) is 89.4 Å². The van der Waals surface area contributed by atoms with E-state index in [9.17, 15) is 14.9 Å². The molecule has 9 heteroatoms. The number of aromatic nitrogens is 2. The molecule has 44 heavy (non-hydrogen) atoms. The lowest BCUT2D eigenvalue weighted by Gasteiger charge is -2.25. The molecule has 0 bridgehead atoms. The molecule has 0 N–H and O–H groups in total. The molecular weight excluding hydrogens is 589 g/mol. The van der Waals surface area contributed by atoms with Crippen LogP contribution in [0, 0.1) is 11.3 Å². The Morgan fingerprint density at radius 3 is 2.57 bits per heavy atom. The number of allylic oxidation sites excluding steroid dienone is 1. The third-order valence-corrected chi connectivity index (χ3v) is 9.33. The van der Waals surface area contributed by atoms with Crippen molar-refractivity contribution >= 4 is 46.0 Å². The van der Waals surface area contributed by atoms with Crippen molar-refractivity contribution in [3.8, 4) is 6.07 Å². The largest absolute Gasteiger partial charge is 0.459 e. The number of carbonyl (C=O) groups is 1. The van der Waals surface area contributed by atoms with Crippen LogP contribution < -0.4 is 14.9 Å². The number of benzene rings is 3. The van der Waals surface area contributed by atoms with Crippen molar-refractivity contribution in [3.63, 3.8) is 0 Å². The van der Waals surface area contributed by atoms with Gasteiger partial charge in [-0.15, -0.1) is 11.8 Å². The van der Waals surface area contributed by atoms with Crippen LogP contribution >= 0.6 is 23.1 Å². The molecule has 0 aliphatic carbocycles. The van der Waals surface area contributed by atoms with Gasteiger partial charge in [0.1, 0.15) is 0 Å². The first-order valence-electron chi connectivity index (χ1n) is 14.2. The summed E-state index contributed by atoms with van der Waals surface area (Å²) in [6.45, 7) is 5.93. The quantitative estimate of drug-likeness (QED) is 0.170. The molecule has 0 radical (unpaired) electrons. The van der Waals surface area contributed by atoms with E-state index in [1.807, 2.05) is 91.3 Å². The van der Waals surface area contributed by atoms with Crippen LogP contribution in [-0.2, 0) is 16.1 Å². The van der Waals surface area contributed by atoms with Crippen molar-refractivity contribution in [1.29, 1.82) is 5.26 Å². The second-order valence-electron chi connectivity index (χ2n) is 10.8. The Hall–Kier alpha value is -4.65. The number of carbonyl (C=O) groups excluding carboxylic acids is 1. The normalized spacial score (nSPS) is 14.9. The van der Waals surface area contributed by atoms with Gasteiger partial charge in [0, 0.05) is 34.1 Å². The number of nitriles is 1. The second kappa shape index (κ2) is 12.2. The van der Waals surface area contributed by atoms with E-state index in [1.54, 1.807) is 37.1 Å². The molecule has 1 aliphatic rings. The lowest BCUT2D eigenvalue weighted by Crippen LogP contribution is -2.40. The predicted octanol–water partition coefficient (Wildman–Crippen LogP) is 5.78. The van der Waals surface area contributed by atoms with Crippen LogP contribution in [0.15, 0.2) is 105 Å². The van der Waals surface area contributed by atoms with E-state index in [2.05, 4.69) is 10.6 Å². The number of fused-ring (bicyclic) bond motifs is 2. The standard InChI is InChI=1S/C35H30N4O3S2/c1-21(2)42-34(41)31-22(3)37-35-39(32(31)23-13-15-27(43-4)16-14-23)33(40)30(44-35)17-26-20-38(29-12-8-7-11-28(26)29)19-25-10-6-5-9-24(25)18-36/h5-17,20-21,32H,19H2,1-4H3/b30-17+/t32-/m1/s1. The van der Waals surface area contributed by atoms with Crippen LogP contribution in [0.3, 0.4) is 0 Å². The van der Waals surface area contributed by atoms with Gasteiger partial charge in [0.25, 0.3) is 5.56 Å². The summed E-state index contributed by atoms with van der Waals surface area (Å²) in [4.78, 5) is 34.0. The smallest absolute Gasteiger partial charge is 0.338 e. The molecule has 7 nitrogen and oxygen atoms in total. The summed E-state index contributed by atoms with van der Waals surface area (Å²) in [7, 11) is 0. The number of rotatable bonds is 7. The third kappa shape index (κ3) is 5.43. The highest BCUT2D eigenvalue weighted by atomic mass is 32.2. The molecule has 2 aromatic heterocycles. The van der Waals surface area contributed by atoms with E-state index in [-0.39, 0.29) is 11.7 Å². The minimum absolute atomic E-state index is 0.221. The Kier molecular flexibility index (Phi) is 8.13. The van der Waals surface area contributed by atoms with Crippen LogP contribution in [0.4, 0.5) is 0 Å². The summed E-state index contributed by atoms with van der Waals surface area (Å²) in [5, 5.41) is 10.6. The number of nitrogens with zero attached hydrogens (tertiary/aromatic N) is 4. The Morgan fingerprint density at radius 1 is 1.11 bits per heavy atom. The van der Waals surface area contributed by atoms with E-state index in [0.29, 0.717) is 32.7 Å². The number of thiazole rings is 1. The van der Waals surface area contributed by atoms with Crippen LogP contribution in [0.2, 0.25) is 0 Å². The molecule has 0 fully saturated rings. The summed E-state index contributed by atoms with van der Waals surface area (Å²) in [6.07, 6.45) is 5.61. The van der Waals surface area contributed by atoms with Gasteiger partial charge in [-0.2, -0.15) is 5.26 Å². The van der Waals surface area contributed by atoms with Crippen LogP contribution in [-0.4, -0.2) is 27.5 Å². The lowest BCUT2D eigenvalue weighted by molar-refractivity contribution is -0.143. The van der Waals surface area contributed by atoms with Gasteiger partial charge in [-0.05, 0) is 68.5 Å². The van der Waals surface area contributed by atoms with E-state index in [1.165, 1.54) is 11.3 Å². The molecule has 1 aliphatic heterocycles. The van der Waals surface area contributed by atoms with Crippen LogP contribution in [0.1, 0.15) is 49.1 Å². The molecule has 5 aromatic rings. The number of esters is 1. The summed E-state index contributed by atoms with van der Waals surface area (Å²) in [5.41, 5.74) is 4.93. The SMILES string of the molecule is CSc1ccc([C@@H]2C(C(=O)OC(C)C)=C(C)N=c3s/c(=C/c4cn(Cc5ccccc5C#N)c5ccccc45)c(=O)n32)cc1. The Balaban J connectivity index is 1.51. The number of thioether (sulfide) groups is 1. The molecule has 0 spiro atoms. The van der Waals surface area contributed by atoms with Gasteiger partial charge < -0.3 is 9.30 Å². The minimum atomic E-state index is -0.667. The third-order valence-electron chi connectivity index (χ3n) is 7.60. The summed E-state index contributed by atoms with van der Waals surface area (Å²) in [6, 6.07) is 25.1. The summed E-state index contributed by atoms with van der Waals surface area (Å²) < 4.78 is 9.87. The van der Waals surface area contributed by atoms with Crippen molar-refractivity contribution in [3.05, 3.63) is 132 Å². The fourth-order valence-electron chi connectivity index (χ4n) is 5.57. The first kappa shape index (κ1) is 29.4. The fraction of sp³-hybridized carbons (Fsp3) is 0.200. The predicted molar refractivity (Wildman–Crippen MR) is 175 cm³/mol. The molecule has 1 atom stereocenters. The molecule has 3 heterocycles. The first-order chi connectivity index (χ1) is 21.3. The van der Waals surface area contributed by atoms with Gasteiger partial charge in [-0.25, -0.2) is 9.79 Å². The maximum atomic E-state index is 14.2. The van der Waals surface area contributed by atoms with Crippen molar-refractivity contribution < 1.29 is 9.53 Å². The van der Waals surface area contributed by atoms with Crippen LogP contribution in [0.25, 0.3) is 17.0 Å². The maximum Gasteiger partial charge on any atom is 0.338 e. The van der Waals surface area contributed by atoms with Gasteiger partial charge >= 0.3 is 5.97 Å². The molecule has 0 amide bonds. The molecule has 6 rings (SSSR count). The minimum Gasteiger partial charge on any atom is -0.459 e. The number of para-hydroxylation sites is 1. The summed E-state index contributed by atoms with van der Waals surface area (Å²) >= 11 is 2.94. The number of hydrogen-bond acceptors (Lipinski definition) is 7. The average Bonchev–Trinajstić information content (AvgIpc) is 3.52. The van der Waals surface area contributed by atoms with Gasteiger partial charge in [0.2, 0.25) is 0 Å². The summed E-state index contributed by atoms with van der Waals surface area (Å²) in [5.74, 6) is -0.477. The van der Waals surface area contributed by atoms with Gasteiger partial charge in [0.15, 0.2) is 4.80 Å².